The van der Waals surface area contributed by atoms with Crippen LogP contribution in [0.2, 0.25) is 0 Å². The number of rotatable bonds is 6. The van der Waals surface area contributed by atoms with Crippen molar-refractivity contribution in [2.45, 2.75) is 80.1 Å². The Morgan fingerprint density at radius 1 is 0.733 bits per heavy atom. The molecule has 170 valence electrons. The molecule has 0 aliphatic rings. The van der Waals surface area contributed by atoms with Gasteiger partial charge in [-0.2, -0.15) is 0 Å². The van der Waals surface area contributed by atoms with E-state index in [1.54, 1.807) is 9.80 Å². The van der Waals surface area contributed by atoms with E-state index in [0.717, 1.165) is 11.1 Å². The van der Waals surface area contributed by atoms with E-state index in [1.807, 2.05) is 33.8 Å². The van der Waals surface area contributed by atoms with Crippen LogP contribution in [0.4, 0.5) is 9.59 Å². The van der Waals surface area contributed by atoms with Gasteiger partial charge in [-0.3, -0.25) is 0 Å². The van der Waals surface area contributed by atoms with E-state index >= 15 is 0 Å². The van der Waals surface area contributed by atoms with Crippen molar-refractivity contribution in [1.29, 1.82) is 0 Å². The van der Waals surface area contributed by atoms with Crippen molar-refractivity contribution >= 4 is 12.2 Å². The summed E-state index contributed by atoms with van der Waals surface area (Å²) >= 11 is 0. The Balaban J connectivity index is 3.66. The van der Waals surface area contributed by atoms with Crippen LogP contribution in [0.15, 0.2) is 12.1 Å². The van der Waals surface area contributed by atoms with Crippen LogP contribution in [-0.2, 0) is 10.8 Å². The van der Waals surface area contributed by atoms with Crippen molar-refractivity contribution in [3.63, 3.8) is 0 Å². The van der Waals surface area contributed by atoms with Crippen molar-refractivity contribution < 1.29 is 19.1 Å². The van der Waals surface area contributed by atoms with Crippen molar-refractivity contribution in [2.75, 3.05) is 26.2 Å². The number of carbonyl (C=O) groups is 2. The van der Waals surface area contributed by atoms with E-state index in [1.165, 1.54) is 0 Å². The van der Waals surface area contributed by atoms with Gasteiger partial charge in [0.2, 0.25) is 0 Å². The fraction of sp³-hybridized carbons (Fsp3) is 0.667. The maximum atomic E-state index is 12.8. The van der Waals surface area contributed by atoms with Gasteiger partial charge in [-0.25, -0.2) is 9.59 Å². The van der Waals surface area contributed by atoms with Crippen molar-refractivity contribution in [3.8, 4) is 11.5 Å². The lowest BCUT2D eigenvalue weighted by Crippen LogP contribution is -2.35. The summed E-state index contributed by atoms with van der Waals surface area (Å²) in [5.41, 5.74) is 1.35. The Morgan fingerprint density at radius 2 is 1.17 bits per heavy atom. The molecule has 0 saturated heterocycles. The van der Waals surface area contributed by atoms with E-state index in [9.17, 15) is 9.59 Å². The van der Waals surface area contributed by atoms with Crippen LogP contribution in [0.25, 0.3) is 0 Å². The molecule has 2 amide bonds. The van der Waals surface area contributed by atoms with Crippen LogP contribution in [0, 0.1) is 0 Å². The second-order valence-corrected chi connectivity index (χ2v) is 9.43. The van der Waals surface area contributed by atoms with Gasteiger partial charge in [0.15, 0.2) is 11.5 Å². The third-order valence-corrected chi connectivity index (χ3v) is 5.16. The van der Waals surface area contributed by atoms with Gasteiger partial charge < -0.3 is 19.3 Å². The van der Waals surface area contributed by atoms with Crippen LogP contribution in [0.1, 0.15) is 80.4 Å². The molecule has 6 heteroatoms. The van der Waals surface area contributed by atoms with Gasteiger partial charge in [-0.1, -0.05) is 47.6 Å². The highest BCUT2D eigenvalue weighted by Gasteiger charge is 2.30. The molecule has 1 aromatic carbocycles. The summed E-state index contributed by atoms with van der Waals surface area (Å²) in [5.74, 6) is 0.595. The number of amides is 2. The number of hydrogen-bond donors (Lipinski definition) is 0. The Bertz CT molecular complexity index is 737. The van der Waals surface area contributed by atoms with Crippen LogP contribution >= 0.6 is 0 Å². The largest absolute Gasteiger partial charge is 0.415 e. The molecule has 30 heavy (non-hydrogen) atoms. The molecule has 0 aliphatic heterocycles. The van der Waals surface area contributed by atoms with Crippen LogP contribution in [-0.4, -0.2) is 48.2 Å². The minimum absolute atomic E-state index is 0.169. The highest BCUT2D eigenvalue weighted by atomic mass is 16.6. The van der Waals surface area contributed by atoms with Crippen molar-refractivity contribution in [1.82, 2.24) is 9.80 Å². The Kier molecular flexibility index (Phi) is 8.76. The molecule has 0 aromatic heterocycles. The normalized spacial score (nSPS) is 11.8. The van der Waals surface area contributed by atoms with Crippen molar-refractivity contribution in [3.05, 3.63) is 23.3 Å². The first-order valence-electron chi connectivity index (χ1n) is 10.9. The lowest BCUT2D eigenvalue weighted by molar-refractivity contribution is 0.145. The maximum Gasteiger partial charge on any atom is 0.415 e. The summed E-state index contributed by atoms with van der Waals surface area (Å²) in [6.07, 6.45) is -0.903. The summed E-state index contributed by atoms with van der Waals surface area (Å²) in [4.78, 5) is 28.7. The summed E-state index contributed by atoms with van der Waals surface area (Å²) in [6, 6.07) is 3.88. The van der Waals surface area contributed by atoms with E-state index < -0.39 is 12.2 Å². The summed E-state index contributed by atoms with van der Waals surface area (Å²) in [7, 11) is 0. The maximum absolute atomic E-state index is 12.8. The van der Waals surface area contributed by atoms with Gasteiger partial charge in [-0.15, -0.1) is 0 Å². The highest BCUT2D eigenvalue weighted by Crippen LogP contribution is 2.43. The number of carbonyl (C=O) groups excluding carboxylic acids is 2. The fourth-order valence-corrected chi connectivity index (χ4v) is 3.05. The second-order valence-electron chi connectivity index (χ2n) is 9.43. The first-order valence-corrected chi connectivity index (χ1v) is 10.9. The zero-order valence-electron chi connectivity index (χ0n) is 20.5. The fourth-order valence-electron chi connectivity index (χ4n) is 3.05. The summed E-state index contributed by atoms with van der Waals surface area (Å²) < 4.78 is 11.7. The standard InChI is InChI=1S/C24H40N2O4/c1-11-25(12-2)21(27)29-19-16-17(23(5,6)7)15-18(24(8,9)10)20(19)30-22(28)26(13-3)14-4/h15-16H,11-14H2,1-10H3. The predicted octanol–water partition coefficient (Wildman–Crippen LogP) is 5.96. The van der Waals surface area contributed by atoms with Gasteiger partial charge in [0, 0.05) is 31.7 Å². The molecule has 0 fully saturated rings. The average Bonchev–Trinajstić information content (AvgIpc) is 2.63. The molecule has 0 aliphatic carbocycles. The lowest BCUT2D eigenvalue weighted by atomic mass is 9.80. The third kappa shape index (κ3) is 6.38. The van der Waals surface area contributed by atoms with Gasteiger partial charge in [-0.05, 0) is 50.2 Å². The molecule has 6 nitrogen and oxygen atoms in total. The van der Waals surface area contributed by atoms with Gasteiger partial charge in [0.1, 0.15) is 0 Å². The molecular formula is C24H40N2O4. The van der Waals surface area contributed by atoms with Gasteiger partial charge in [0.05, 0.1) is 0 Å². The molecule has 1 aromatic rings. The summed E-state index contributed by atoms with van der Waals surface area (Å²) in [5, 5.41) is 0. The van der Waals surface area contributed by atoms with Gasteiger partial charge >= 0.3 is 12.2 Å². The van der Waals surface area contributed by atoms with Crippen LogP contribution in [0.3, 0.4) is 0 Å². The quantitative estimate of drug-likeness (QED) is 0.569. The Hall–Kier alpha value is -2.24. The third-order valence-electron chi connectivity index (χ3n) is 5.16. The minimum Gasteiger partial charge on any atom is -0.406 e. The molecule has 0 heterocycles. The molecule has 0 radical (unpaired) electrons. The minimum atomic E-state index is -0.453. The number of nitrogens with zero attached hydrogens (tertiary/aromatic N) is 2. The average molecular weight is 421 g/mol. The topological polar surface area (TPSA) is 59.1 Å². The van der Waals surface area contributed by atoms with E-state index in [2.05, 4.69) is 47.6 Å². The van der Waals surface area contributed by atoms with E-state index in [4.69, 9.17) is 9.47 Å². The molecule has 0 bridgehead atoms. The number of benzene rings is 1. The number of hydrogen-bond acceptors (Lipinski definition) is 4. The second kappa shape index (κ2) is 10.2. The predicted molar refractivity (Wildman–Crippen MR) is 122 cm³/mol. The monoisotopic (exact) mass is 420 g/mol. The molecule has 0 spiro atoms. The van der Waals surface area contributed by atoms with Crippen LogP contribution < -0.4 is 9.47 Å². The Labute approximate surface area is 182 Å². The van der Waals surface area contributed by atoms with E-state index in [0.29, 0.717) is 31.9 Å². The SMILES string of the molecule is CCN(CC)C(=O)Oc1cc(C(C)(C)C)cc(C(C)(C)C)c1OC(=O)N(CC)CC. The zero-order valence-corrected chi connectivity index (χ0v) is 20.5. The van der Waals surface area contributed by atoms with E-state index in [-0.39, 0.29) is 16.6 Å². The Morgan fingerprint density at radius 3 is 1.53 bits per heavy atom. The molecule has 0 saturated carbocycles. The smallest absolute Gasteiger partial charge is 0.406 e. The highest BCUT2D eigenvalue weighted by molar-refractivity contribution is 5.76. The molecule has 0 unspecified atom stereocenters. The zero-order chi connectivity index (χ0) is 23.3. The molecular weight excluding hydrogens is 380 g/mol. The molecule has 0 N–H and O–H groups in total. The first kappa shape index (κ1) is 25.8. The first-order chi connectivity index (χ1) is 13.8. The molecule has 1 rings (SSSR count). The van der Waals surface area contributed by atoms with Gasteiger partial charge in [0.25, 0.3) is 0 Å². The van der Waals surface area contributed by atoms with Crippen LogP contribution in [0.5, 0.6) is 11.5 Å². The summed E-state index contributed by atoms with van der Waals surface area (Å²) in [6.45, 7) is 22.2. The molecule has 0 atom stereocenters. The van der Waals surface area contributed by atoms with Crippen molar-refractivity contribution in [2.24, 2.45) is 0 Å². The lowest BCUT2D eigenvalue weighted by Gasteiger charge is -2.30. The number of ether oxygens (including phenoxy) is 2.